The fraction of sp³-hybridized carbons (Fsp3) is 0.400. The Bertz CT molecular complexity index is 1010. The SMILES string of the molecule is COc1ccc(F)cc1C#Cc1cc(C2CCN(C(=O)OC(C)(C)C)CC2)ccc1N. The second-order valence-corrected chi connectivity index (χ2v) is 8.68. The predicted octanol–water partition coefficient (Wildman–Crippen LogP) is 4.93. The molecular formula is C25H29FN2O3. The molecule has 1 aliphatic heterocycles. The first-order valence-electron chi connectivity index (χ1n) is 10.4. The second kappa shape index (κ2) is 9.30. The average Bonchev–Trinajstić information content (AvgIpc) is 2.72. The number of hydrogen-bond acceptors (Lipinski definition) is 4. The van der Waals surface area contributed by atoms with Crippen LogP contribution in [0.2, 0.25) is 0 Å². The molecule has 0 bridgehead atoms. The highest BCUT2D eigenvalue weighted by molar-refractivity contribution is 5.68. The highest BCUT2D eigenvalue weighted by atomic mass is 19.1. The molecule has 31 heavy (non-hydrogen) atoms. The maximum absolute atomic E-state index is 13.6. The minimum absolute atomic E-state index is 0.265. The number of benzene rings is 2. The Morgan fingerprint density at radius 3 is 2.42 bits per heavy atom. The van der Waals surface area contributed by atoms with E-state index in [1.807, 2.05) is 39.0 Å². The molecule has 1 fully saturated rings. The van der Waals surface area contributed by atoms with Gasteiger partial charge in [-0.05, 0) is 75.4 Å². The molecule has 2 aromatic carbocycles. The number of piperidine rings is 1. The molecule has 0 aliphatic carbocycles. The van der Waals surface area contributed by atoms with Gasteiger partial charge in [0.05, 0.1) is 12.7 Å². The Balaban J connectivity index is 1.73. The number of anilines is 1. The van der Waals surface area contributed by atoms with Crippen molar-refractivity contribution in [3.8, 4) is 17.6 Å². The fourth-order valence-corrected chi connectivity index (χ4v) is 3.57. The van der Waals surface area contributed by atoms with Crippen molar-refractivity contribution in [2.24, 2.45) is 0 Å². The maximum atomic E-state index is 13.6. The van der Waals surface area contributed by atoms with Crippen LogP contribution in [-0.2, 0) is 4.74 Å². The van der Waals surface area contributed by atoms with Crippen molar-refractivity contribution in [3.63, 3.8) is 0 Å². The zero-order valence-corrected chi connectivity index (χ0v) is 18.5. The van der Waals surface area contributed by atoms with E-state index in [0.29, 0.717) is 41.6 Å². The summed E-state index contributed by atoms with van der Waals surface area (Å²) in [7, 11) is 1.52. The Morgan fingerprint density at radius 1 is 1.10 bits per heavy atom. The number of rotatable bonds is 2. The number of amides is 1. The molecular weight excluding hydrogens is 395 g/mol. The molecule has 0 unspecified atom stereocenters. The fourth-order valence-electron chi connectivity index (χ4n) is 3.57. The van der Waals surface area contributed by atoms with Gasteiger partial charge in [0.2, 0.25) is 0 Å². The lowest BCUT2D eigenvalue weighted by Crippen LogP contribution is -2.41. The van der Waals surface area contributed by atoms with E-state index in [1.54, 1.807) is 11.0 Å². The van der Waals surface area contributed by atoms with Crippen LogP contribution >= 0.6 is 0 Å². The lowest BCUT2D eigenvalue weighted by molar-refractivity contribution is 0.0205. The van der Waals surface area contributed by atoms with Gasteiger partial charge in [-0.3, -0.25) is 0 Å². The van der Waals surface area contributed by atoms with Crippen molar-refractivity contribution >= 4 is 11.8 Å². The third-order valence-corrected chi connectivity index (χ3v) is 5.19. The molecule has 0 saturated carbocycles. The number of ether oxygens (including phenoxy) is 2. The summed E-state index contributed by atoms with van der Waals surface area (Å²) in [5.41, 5.74) is 8.49. The molecule has 164 valence electrons. The summed E-state index contributed by atoms with van der Waals surface area (Å²) in [5.74, 6) is 6.48. The first-order valence-corrected chi connectivity index (χ1v) is 10.4. The van der Waals surface area contributed by atoms with Crippen molar-refractivity contribution < 1.29 is 18.7 Å². The van der Waals surface area contributed by atoms with Gasteiger partial charge in [-0.2, -0.15) is 0 Å². The highest BCUT2D eigenvalue weighted by Crippen LogP contribution is 2.30. The molecule has 5 nitrogen and oxygen atoms in total. The van der Waals surface area contributed by atoms with Gasteiger partial charge in [-0.25, -0.2) is 9.18 Å². The van der Waals surface area contributed by atoms with Crippen LogP contribution < -0.4 is 10.5 Å². The number of nitrogens with two attached hydrogens (primary N) is 1. The molecule has 2 N–H and O–H groups in total. The summed E-state index contributed by atoms with van der Waals surface area (Å²) >= 11 is 0. The summed E-state index contributed by atoms with van der Waals surface area (Å²) in [6.45, 7) is 6.90. The Morgan fingerprint density at radius 2 is 1.77 bits per heavy atom. The van der Waals surface area contributed by atoms with Crippen LogP contribution in [0.4, 0.5) is 14.9 Å². The molecule has 6 heteroatoms. The lowest BCUT2D eigenvalue weighted by Gasteiger charge is -2.33. The van der Waals surface area contributed by atoms with E-state index in [0.717, 1.165) is 18.4 Å². The topological polar surface area (TPSA) is 64.8 Å². The van der Waals surface area contributed by atoms with E-state index in [4.69, 9.17) is 15.2 Å². The molecule has 1 amide bonds. The number of nitrogens with zero attached hydrogens (tertiary/aromatic N) is 1. The summed E-state index contributed by atoms with van der Waals surface area (Å²) in [4.78, 5) is 14.0. The van der Waals surface area contributed by atoms with E-state index < -0.39 is 5.60 Å². The van der Waals surface area contributed by atoms with Crippen LogP contribution in [0.15, 0.2) is 36.4 Å². The summed E-state index contributed by atoms with van der Waals surface area (Å²) in [5, 5.41) is 0. The third kappa shape index (κ3) is 5.91. The van der Waals surface area contributed by atoms with Crippen LogP contribution in [0.1, 0.15) is 56.2 Å². The van der Waals surface area contributed by atoms with Crippen LogP contribution in [-0.4, -0.2) is 36.8 Å². The van der Waals surface area contributed by atoms with Crippen LogP contribution in [0.25, 0.3) is 0 Å². The van der Waals surface area contributed by atoms with Gasteiger partial charge in [0, 0.05) is 24.3 Å². The zero-order valence-electron chi connectivity index (χ0n) is 18.5. The van der Waals surface area contributed by atoms with Gasteiger partial charge in [0.1, 0.15) is 17.2 Å². The molecule has 0 atom stereocenters. The molecule has 0 radical (unpaired) electrons. The first-order chi connectivity index (χ1) is 14.7. The lowest BCUT2D eigenvalue weighted by atomic mass is 9.88. The number of hydrogen-bond donors (Lipinski definition) is 1. The summed E-state index contributed by atoms with van der Waals surface area (Å²) in [6.07, 6.45) is 1.42. The number of methoxy groups -OCH3 is 1. The van der Waals surface area contributed by atoms with Crippen LogP contribution in [0.5, 0.6) is 5.75 Å². The van der Waals surface area contributed by atoms with E-state index in [-0.39, 0.29) is 11.9 Å². The predicted molar refractivity (Wildman–Crippen MR) is 120 cm³/mol. The summed E-state index contributed by atoms with van der Waals surface area (Å²) < 4.78 is 24.3. The number of halogens is 1. The normalized spacial score (nSPS) is 14.5. The minimum atomic E-state index is -0.497. The standard InChI is InChI=1S/C25H29FN2O3/c1-25(2,3)31-24(29)28-13-11-17(12-14-28)18-7-9-22(27)19(15-18)5-6-20-16-21(26)8-10-23(20)30-4/h7-10,15-17H,11-14,27H2,1-4H3. The average molecular weight is 425 g/mol. The van der Waals surface area contributed by atoms with Crippen molar-refractivity contribution in [1.29, 1.82) is 0 Å². The molecule has 2 aromatic rings. The second-order valence-electron chi connectivity index (χ2n) is 8.68. The van der Waals surface area contributed by atoms with Crippen molar-refractivity contribution in [2.75, 3.05) is 25.9 Å². The smallest absolute Gasteiger partial charge is 0.410 e. The number of likely N-dealkylation sites (tertiary alicyclic amines) is 1. The zero-order chi connectivity index (χ0) is 22.6. The highest BCUT2D eigenvalue weighted by Gasteiger charge is 2.27. The number of nitrogen functional groups attached to an aromatic ring is 1. The number of carbonyl (C=O) groups excluding carboxylic acids is 1. The Hall–Kier alpha value is -3.20. The Labute approximate surface area is 183 Å². The van der Waals surface area contributed by atoms with Crippen molar-refractivity contribution in [2.45, 2.75) is 45.1 Å². The van der Waals surface area contributed by atoms with Gasteiger partial charge in [-0.15, -0.1) is 0 Å². The third-order valence-electron chi connectivity index (χ3n) is 5.19. The van der Waals surface area contributed by atoms with E-state index in [9.17, 15) is 9.18 Å². The molecule has 1 saturated heterocycles. The van der Waals surface area contributed by atoms with Gasteiger partial charge in [0.15, 0.2) is 0 Å². The molecule has 0 aromatic heterocycles. The largest absolute Gasteiger partial charge is 0.495 e. The van der Waals surface area contributed by atoms with E-state index in [2.05, 4.69) is 11.8 Å². The van der Waals surface area contributed by atoms with E-state index >= 15 is 0 Å². The molecule has 1 aliphatic rings. The first kappa shape index (κ1) is 22.5. The summed E-state index contributed by atoms with van der Waals surface area (Å²) in [6, 6.07) is 10.1. The maximum Gasteiger partial charge on any atom is 0.410 e. The van der Waals surface area contributed by atoms with Crippen molar-refractivity contribution in [3.05, 3.63) is 58.9 Å². The van der Waals surface area contributed by atoms with Gasteiger partial charge in [0.25, 0.3) is 0 Å². The number of carbonyl (C=O) groups is 1. The monoisotopic (exact) mass is 424 g/mol. The molecule has 1 heterocycles. The molecule has 0 spiro atoms. The van der Waals surface area contributed by atoms with E-state index in [1.165, 1.54) is 19.2 Å². The molecule has 3 rings (SSSR count). The van der Waals surface area contributed by atoms with Crippen LogP contribution in [0.3, 0.4) is 0 Å². The Kier molecular flexibility index (Phi) is 6.74. The van der Waals surface area contributed by atoms with Crippen molar-refractivity contribution in [1.82, 2.24) is 4.90 Å². The van der Waals surface area contributed by atoms with Gasteiger partial charge >= 0.3 is 6.09 Å². The quantitative estimate of drug-likeness (QED) is 0.548. The van der Waals surface area contributed by atoms with Gasteiger partial charge < -0.3 is 20.1 Å². The van der Waals surface area contributed by atoms with Gasteiger partial charge in [-0.1, -0.05) is 17.9 Å². The van der Waals surface area contributed by atoms with Crippen LogP contribution in [0, 0.1) is 17.7 Å². The minimum Gasteiger partial charge on any atom is -0.495 e.